The van der Waals surface area contributed by atoms with Crippen molar-refractivity contribution in [2.75, 3.05) is 44.2 Å². The summed E-state index contributed by atoms with van der Waals surface area (Å²) in [6, 6.07) is 3.45. The van der Waals surface area contributed by atoms with E-state index >= 15 is 0 Å². The molecule has 0 atom stereocenters. The van der Waals surface area contributed by atoms with E-state index in [9.17, 15) is 4.79 Å². The Kier molecular flexibility index (Phi) is 5.89. The van der Waals surface area contributed by atoms with Crippen LogP contribution >= 0.6 is 0 Å². The third-order valence-electron chi connectivity index (χ3n) is 3.74. The van der Waals surface area contributed by atoms with Gasteiger partial charge < -0.3 is 21.3 Å². The molecule has 7 heteroatoms. The molecule has 0 saturated carbocycles. The lowest BCUT2D eigenvalue weighted by Gasteiger charge is -2.22. The summed E-state index contributed by atoms with van der Waals surface area (Å²) in [7, 11) is 0. The molecule has 116 valence electrons. The van der Waals surface area contributed by atoms with E-state index < -0.39 is 5.91 Å². The molecule has 1 aliphatic heterocycles. The number of aromatic nitrogens is 2. The molecule has 1 aromatic heterocycles. The van der Waals surface area contributed by atoms with E-state index in [4.69, 9.17) is 11.5 Å². The maximum absolute atomic E-state index is 11.0. The zero-order valence-corrected chi connectivity index (χ0v) is 12.4. The number of rotatable bonds is 6. The van der Waals surface area contributed by atoms with Crippen LogP contribution in [0.4, 0.5) is 5.82 Å². The molecule has 0 bridgehead atoms. The molecule has 21 heavy (non-hydrogen) atoms. The number of carbonyl (C=O) groups excluding carboxylic acids is 1. The van der Waals surface area contributed by atoms with Crippen molar-refractivity contribution in [3.05, 3.63) is 17.8 Å². The van der Waals surface area contributed by atoms with Crippen LogP contribution in [-0.2, 0) is 0 Å². The van der Waals surface area contributed by atoms with Crippen LogP contribution < -0.4 is 16.4 Å². The molecule has 0 spiro atoms. The fourth-order valence-corrected chi connectivity index (χ4v) is 2.53. The Morgan fingerprint density at radius 1 is 1.14 bits per heavy atom. The van der Waals surface area contributed by atoms with Crippen LogP contribution in [-0.4, -0.2) is 60.3 Å². The van der Waals surface area contributed by atoms with Gasteiger partial charge >= 0.3 is 0 Å². The Morgan fingerprint density at radius 2 is 2.00 bits per heavy atom. The summed E-state index contributed by atoms with van der Waals surface area (Å²) in [4.78, 5) is 15.7. The van der Waals surface area contributed by atoms with Crippen LogP contribution in [0.5, 0.6) is 0 Å². The number of hydrogen-bond donors (Lipinski definition) is 2. The van der Waals surface area contributed by atoms with Gasteiger partial charge in [-0.2, -0.15) is 0 Å². The molecule has 0 aliphatic carbocycles. The number of unbranched alkanes of at least 4 members (excludes halogenated alkanes) is 1. The number of nitrogens with two attached hydrogens (primary N) is 2. The normalized spacial score (nSPS) is 16.7. The van der Waals surface area contributed by atoms with E-state index in [1.807, 2.05) is 6.07 Å². The SMILES string of the molecule is NCCCCN1CCCN(c2ccc(C(N)=O)nn2)CC1. The molecule has 7 nitrogen and oxygen atoms in total. The van der Waals surface area contributed by atoms with E-state index in [1.165, 1.54) is 0 Å². The summed E-state index contributed by atoms with van der Waals surface area (Å²) in [5.74, 6) is 0.264. The number of anilines is 1. The molecule has 1 aliphatic rings. The van der Waals surface area contributed by atoms with Gasteiger partial charge in [-0.15, -0.1) is 10.2 Å². The third-order valence-corrected chi connectivity index (χ3v) is 3.74. The van der Waals surface area contributed by atoms with Gasteiger partial charge in [0.2, 0.25) is 0 Å². The predicted molar refractivity (Wildman–Crippen MR) is 82.1 cm³/mol. The second-order valence-electron chi connectivity index (χ2n) is 5.32. The number of carbonyl (C=O) groups is 1. The maximum atomic E-state index is 11.0. The van der Waals surface area contributed by atoms with Crippen molar-refractivity contribution >= 4 is 11.7 Å². The average molecular weight is 292 g/mol. The highest BCUT2D eigenvalue weighted by Gasteiger charge is 2.16. The molecule has 0 unspecified atom stereocenters. The van der Waals surface area contributed by atoms with Crippen LogP contribution in [0.3, 0.4) is 0 Å². The van der Waals surface area contributed by atoms with E-state index in [0.717, 1.165) is 64.3 Å². The first-order valence-corrected chi connectivity index (χ1v) is 7.51. The van der Waals surface area contributed by atoms with E-state index in [1.54, 1.807) is 6.07 Å². The van der Waals surface area contributed by atoms with Crippen LogP contribution in [0, 0.1) is 0 Å². The average Bonchev–Trinajstić information content (AvgIpc) is 2.73. The van der Waals surface area contributed by atoms with E-state index in [-0.39, 0.29) is 5.69 Å². The van der Waals surface area contributed by atoms with Gasteiger partial charge in [-0.05, 0) is 51.0 Å². The lowest BCUT2D eigenvalue weighted by molar-refractivity contribution is 0.0994. The molecule has 1 amide bonds. The molecule has 0 aromatic carbocycles. The quantitative estimate of drug-likeness (QED) is 0.706. The van der Waals surface area contributed by atoms with Gasteiger partial charge in [0.15, 0.2) is 11.5 Å². The van der Waals surface area contributed by atoms with Crippen molar-refractivity contribution < 1.29 is 4.79 Å². The van der Waals surface area contributed by atoms with Gasteiger partial charge in [0.1, 0.15) is 0 Å². The lowest BCUT2D eigenvalue weighted by atomic mass is 10.3. The largest absolute Gasteiger partial charge is 0.364 e. The van der Waals surface area contributed by atoms with Crippen molar-refractivity contribution in [2.45, 2.75) is 19.3 Å². The minimum atomic E-state index is -0.545. The first-order valence-electron chi connectivity index (χ1n) is 7.51. The van der Waals surface area contributed by atoms with E-state index in [0.29, 0.717) is 0 Å². The predicted octanol–water partition coefficient (Wildman–Crippen LogP) is -0.173. The zero-order valence-electron chi connectivity index (χ0n) is 12.4. The highest BCUT2D eigenvalue weighted by atomic mass is 16.1. The second kappa shape index (κ2) is 7.90. The Labute approximate surface area is 125 Å². The fraction of sp³-hybridized carbons (Fsp3) is 0.643. The van der Waals surface area contributed by atoms with Crippen molar-refractivity contribution in [1.29, 1.82) is 0 Å². The highest BCUT2D eigenvalue weighted by molar-refractivity contribution is 5.90. The summed E-state index contributed by atoms with van der Waals surface area (Å²) < 4.78 is 0. The number of primary amides is 1. The van der Waals surface area contributed by atoms with Crippen molar-refractivity contribution in [3.8, 4) is 0 Å². The minimum Gasteiger partial charge on any atom is -0.364 e. The smallest absolute Gasteiger partial charge is 0.269 e. The Morgan fingerprint density at radius 3 is 2.67 bits per heavy atom. The summed E-state index contributed by atoms with van der Waals surface area (Å²) in [6.45, 7) is 5.88. The van der Waals surface area contributed by atoms with Gasteiger partial charge in [0.25, 0.3) is 5.91 Å². The second-order valence-corrected chi connectivity index (χ2v) is 5.32. The zero-order chi connectivity index (χ0) is 15.1. The molecular weight excluding hydrogens is 268 g/mol. The molecule has 0 radical (unpaired) electrons. The van der Waals surface area contributed by atoms with Gasteiger partial charge in [0.05, 0.1) is 0 Å². The van der Waals surface area contributed by atoms with Crippen LogP contribution in [0.1, 0.15) is 29.8 Å². The molecular formula is C14H24N6O. The minimum absolute atomic E-state index is 0.206. The number of amides is 1. The fourth-order valence-electron chi connectivity index (χ4n) is 2.53. The molecule has 4 N–H and O–H groups in total. The third kappa shape index (κ3) is 4.64. The summed E-state index contributed by atoms with van der Waals surface area (Å²) in [5, 5.41) is 7.98. The molecule has 1 fully saturated rings. The van der Waals surface area contributed by atoms with Gasteiger partial charge in [-0.25, -0.2) is 0 Å². The molecule has 2 heterocycles. The summed E-state index contributed by atoms with van der Waals surface area (Å²) in [5.41, 5.74) is 10.9. The number of hydrogen-bond acceptors (Lipinski definition) is 6. The lowest BCUT2D eigenvalue weighted by Crippen LogP contribution is -2.32. The number of nitrogens with zero attached hydrogens (tertiary/aromatic N) is 4. The van der Waals surface area contributed by atoms with Crippen molar-refractivity contribution in [2.24, 2.45) is 11.5 Å². The molecule has 1 saturated heterocycles. The van der Waals surface area contributed by atoms with Crippen molar-refractivity contribution in [3.63, 3.8) is 0 Å². The van der Waals surface area contributed by atoms with Crippen molar-refractivity contribution in [1.82, 2.24) is 15.1 Å². The molecule has 1 aromatic rings. The standard InChI is InChI=1S/C14H24N6O/c15-6-1-2-7-19-8-3-9-20(11-10-19)13-5-4-12(14(16)21)17-18-13/h4-5H,1-3,6-11,15H2,(H2,16,21). The van der Waals surface area contributed by atoms with Gasteiger partial charge in [-0.1, -0.05) is 0 Å². The van der Waals surface area contributed by atoms with Crippen LogP contribution in [0.25, 0.3) is 0 Å². The summed E-state index contributed by atoms with van der Waals surface area (Å²) in [6.07, 6.45) is 3.34. The monoisotopic (exact) mass is 292 g/mol. The van der Waals surface area contributed by atoms with Gasteiger partial charge in [0, 0.05) is 19.6 Å². The molecule has 2 rings (SSSR count). The van der Waals surface area contributed by atoms with Crippen LogP contribution in [0.2, 0.25) is 0 Å². The topological polar surface area (TPSA) is 101 Å². The highest BCUT2D eigenvalue weighted by Crippen LogP contribution is 2.13. The van der Waals surface area contributed by atoms with Crippen LogP contribution in [0.15, 0.2) is 12.1 Å². The maximum Gasteiger partial charge on any atom is 0.269 e. The Bertz CT molecular complexity index is 449. The first kappa shape index (κ1) is 15.7. The summed E-state index contributed by atoms with van der Waals surface area (Å²) >= 11 is 0. The Balaban J connectivity index is 1.88. The van der Waals surface area contributed by atoms with Gasteiger partial charge in [-0.3, -0.25) is 4.79 Å². The first-order chi connectivity index (χ1) is 10.2. The van der Waals surface area contributed by atoms with E-state index in [2.05, 4.69) is 20.0 Å². The Hall–Kier alpha value is -1.73.